The van der Waals surface area contributed by atoms with Gasteiger partial charge in [-0.05, 0) is 32.9 Å². The van der Waals surface area contributed by atoms with Crippen molar-refractivity contribution in [3.05, 3.63) is 23.8 Å². The third kappa shape index (κ3) is 2.88. The first-order chi connectivity index (χ1) is 9.34. The van der Waals surface area contributed by atoms with Crippen LogP contribution in [0.25, 0.3) is 0 Å². The van der Waals surface area contributed by atoms with Crippen molar-refractivity contribution in [1.29, 1.82) is 0 Å². The number of nitrogens with two attached hydrogens (primary N) is 1. The number of methoxy groups -OCH3 is 1. The molecule has 0 radical (unpaired) electrons. The van der Waals surface area contributed by atoms with Gasteiger partial charge in [-0.2, -0.15) is 0 Å². The zero-order valence-corrected chi connectivity index (χ0v) is 12.5. The SMILES string of the molecule is COc1cccc(N)c1C(=O)N1CC(C)OC(C)(C)C1. The highest BCUT2D eigenvalue weighted by molar-refractivity contribution is 6.02. The molecule has 1 amide bonds. The molecular formula is C15H22N2O3. The maximum atomic E-state index is 12.7. The molecule has 2 N–H and O–H groups in total. The van der Waals surface area contributed by atoms with Gasteiger partial charge in [0.05, 0.1) is 18.8 Å². The van der Waals surface area contributed by atoms with E-state index < -0.39 is 0 Å². The van der Waals surface area contributed by atoms with Crippen LogP contribution in [0.5, 0.6) is 5.75 Å². The number of rotatable bonds is 2. The van der Waals surface area contributed by atoms with E-state index in [1.807, 2.05) is 20.8 Å². The molecular weight excluding hydrogens is 256 g/mol. The van der Waals surface area contributed by atoms with E-state index in [4.69, 9.17) is 15.2 Å². The van der Waals surface area contributed by atoms with Crippen molar-refractivity contribution >= 4 is 11.6 Å². The predicted octanol–water partition coefficient (Wildman–Crippen LogP) is 1.92. The maximum absolute atomic E-state index is 12.7. The Kier molecular flexibility index (Phi) is 3.90. The minimum Gasteiger partial charge on any atom is -0.496 e. The third-order valence-corrected chi connectivity index (χ3v) is 3.35. The van der Waals surface area contributed by atoms with E-state index in [9.17, 15) is 4.79 Å². The van der Waals surface area contributed by atoms with Gasteiger partial charge >= 0.3 is 0 Å². The highest BCUT2D eigenvalue weighted by atomic mass is 16.5. The molecule has 1 aliphatic rings. The van der Waals surface area contributed by atoms with Crippen molar-refractivity contribution in [3.8, 4) is 5.75 Å². The number of anilines is 1. The van der Waals surface area contributed by atoms with E-state index in [0.29, 0.717) is 30.1 Å². The molecule has 5 heteroatoms. The van der Waals surface area contributed by atoms with Gasteiger partial charge in [0.1, 0.15) is 11.3 Å². The summed E-state index contributed by atoms with van der Waals surface area (Å²) in [5, 5.41) is 0. The minimum absolute atomic E-state index is 0.00127. The summed E-state index contributed by atoms with van der Waals surface area (Å²) in [6.07, 6.45) is -0.00127. The first-order valence-corrected chi connectivity index (χ1v) is 6.73. The molecule has 110 valence electrons. The molecule has 0 saturated carbocycles. The molecule has 5 nitrogen and oxygen atoms in total. The molecule has 1 aromatic rings. The first-order valence-electron chi connectivity index (χ1n) is 6.73. The van der Waals surface area contributed by atoms with Gasteiger partial charge in [-0.3, -0.25) is 4.79 Å². The number of hydrogen-bond acceptors (Lipinski definition) is 4. The first kappa shape index (κ1) is 14.7. The average Bonchev–Trinajstić information content (AvgIpc) is 2.35. The van der Waals surface area contributed by atoms with Gasteiger partial charge in [-0.15, -0.1) is 0 Å². The zero-order chi connectivity index (χ0) is 14.9. The quantitative estimate of drug-likeness (QED) is 0.839. The van der Waals surface area contributed by atoms with Crippen molar-refractivity contribution in [2.45, 2.75) is 32.5 Å². The topological polar surface area (TPSA) is 64.8 Å². The van der Waals surface area contributed by atoms with Gasteiger partial charge in [-0.1, -0.05) is 6.07 Å². The van der Waals surface area contributed by atoms with Gasteiger partial charge in [0.15, 0.2) is 0 Å². The number of carbonyl (C=O) groups excluding carboxylic acids is 1. The second-order valence-electron chi connectivity index (χ2n) is 5.80. The fourth-order valence-corrected chi connectivity index (χ4v) is 2.71. The molecule has 1 unspecified atom stereocenters. The Morgan fingerprint density at radius 3 is 2.80 bits per heavy atom. The second kappa shape index (κ2) is 5.32. The molecule has 0 aromatic heterocycles. The van der Waals surface area contributed by atoms with E-state index >= 15 is 0 Å². The Bertz CT molecular complexity index is 514. The normalized spacial score (nSPS) is 21.6. The van der Waals surface area contributed by atoms with Gasteiger partial charge < -0.3 is 20.1 Å². The van der Waals surface area contributed by atoms with Gasteiger partial charge in [-0.25, -0.2) is 0 Å². The monoisotopic (exact) mass is 278 g/mol. The fraction of sp³-hybridized carbons (Fsp3) is 0.533. The van der Waals surface area contributed by atoms with E-state index in [1.54, 1.807) is 23.1 Å². The van der Waals surface area contributed by atoms with Crippen LogP contribution < -0.4 is 10.5 Å². The van der Waals surface area contributed by atoms with Crippen LogP contribution in [0.1, 0.15) is 31.1 Å². The molecule has 1 aliphatic heterocycles. The Morgan fingerprint density at radius 2 is 2.20 bits per heavy atom. The third-order valence-electron chi connectivity index (χ3n) is 3.35. The van der Waals surface area contributed by atoms with Crippen LogP contribution in [0, 0.1) is 0 Å². The lowest BCUT2D eigenvalue weighted by Crippen LogP contribution is -2.53. The maximum Gasteiger partial charge on any atom is 0.259 e. The fourth-order valence-electron chi connectivity index (χ4n) is 2.71. The zero-order valence-electron chi connectivity index (χ0n) is 12.5. The number of nitrogens with zero attached hydrogens (tertiary/aromatic N) is 1. The Hall–Kier alpha value is -1.75. The molecule has 1 fully saturated rings. The van der Waals surface area contributed by atoms with Crippen LogP contribution in [-0.2, 0) is 4.74 Å². The molecule has 2 rings (SSSR count). The number of morpholine rings is 1. The van der Waals surface area contributed by atoms with E-state index in [2.05, 4.69) is 0 Å². The van der Waals surface area contributed by atoms with Crippen LogP contribution in [0.2, 0.25) is 0 Å². The van der Waals surface area contributed by atoms with Crippen molar-refractivity contribution in [2.75, 3.05) is 25.9 Å². The van der Waals surface area contributed by atoms with Crippen LogP contribution in [0.15, 0.2) is 18.2 Å². The molecule has 0 aliphatic carbocycles. The second-order valence-corrected chi connectivity index (χ2v) is 5.80. The predicted molar refractivity (Wildman–Crippen MR) is 77.9 cm³/mol. The molecule has 0 bridgehead atoms. The summed E-state index contributed by atoms with van der Waals surface area (Å²) in [5.41, 5.74) is 6.46. The molecule has 0 spiro atoms. The summed E-state index contributed by atoms with van der Waals surface area (Å²) in [6.45, 7) is 7.02. The lowest BCUT2D eigenvalue weighted by molar-refractivity contribution is -0.118. The lowest BCUT2D eigenvalue weighted by atomic mass is 10.0. The standard InChI is InChI=1S/C15H22N2O3/c1-10-8-17(9-15(2,3)20-10)14(18)13-11(16)6-5-7-12(13)19-4/h5-7,10H,8-9,16H2,1-4H3. The summed E-state index contributed by atoms with van der Waals surface area (Å²) in [7, 11) is 1.54. The number of hydrogen-bond donors (Lipinski definition) is 1. The van der Waals surface area contributed by atoms with Crippen LogP contribution >= 0.6 is 0 Å². The van der Waals surface area contributed by atoms with Crippen LogP contribution in [0.4, 0.5) is 5.69 Å². The smallest absolute Gasteiger partial charge is 0.259 e. The van der Waals surface area contributed by atoms with E-state index in [0.717, 1.165) is 0 Å². The van der Waals surface area contributed by atoms with Crippen molar-refractivity contribution in [1.82, 2.24) is 4.90 Å². The largest absolute Gasteiger partial charge is 0.496 e. The number of carbonyl (C=O) groups is 1. The Balaban J connectivity index is 2.32. The average molecular weight is 278 g/mol. The number of amides is 1. The lowest BCUT2D eigenvalue weighted by Gasteiger charge is -2.41. The Morgan fingerprint density at radius 1 is 1.50 bits per heavy atom. The molecule has 20 heavy (non-hydrogen) atoms. The highest BCUT2D eigenvalue weighted by Gasteiger charge is 2.35. The van der Waals surface area contributed by atoms with Gasteiger partial charge in [0.25, 0.3) is 5.91 Å². The Labute approximate surface area is 119 Å². The van der Waals surface area contributed by atoms with Crippen molar-refractivity contribution < 1.29 is 14.3 Å². The number of ether oxygens (including phenoxy) is 2. The van der Waals surface area contributed by atoms with Crippen LogP contribution in [0.3, 0.4) is 0 Å². The minimum atomic E-state index is -0.357. The summed E-state index contributed by atoms with van der Waals surface area (Å²) in [4.78, 5) is 14.5. The number of nitrogen functional groups attached to an aromatic ring is 1. The van der Waals surface area contributed by atoms with Gasteiger partial charge in [0, 0.05) is 18.8 Å². The molecule has 1 atom stereocenters. The van der Waals surface area contributed by atoms with E-state index in [1.165, 1.54) is 7.11 Å². The molecule has 1 heterocycles. The molecule has 1 aromatic carbocycles. The molecule has 1 saturated heterocycles. The van der Waals surface area contributed by atoms with Crippen molar-refractivity contribution in [2.24, 2.45) is 0 Å². The summed E-state index contributed by atoms with van der Waals surface area (Å²) >= 11 is 0. The number of benzene rings is 1. The summed E-state index contributed by atoms with van der Waals surface area (Å²) in [6, 6.07) is 5.24. The van der Waals surface area contributed by atoms with Crippen molar-refractivity contribution in [3.63, 3.8) is 0 Å². The summed E-state index contributed by atoms with van der Waals surface area (Å²) < 4.78 is 11.1. The van der Waals surface area contributed by atoms with Gasteiger partial charge in [0.2, 0.25) is 0 Å². The van der Waals surface area contributed by atoms with Crippen LogP contribution in [-0.4, -0.2) is 42.7 Å². The highest BCUT2D eigenvalue weighted by Crippen LogP contribution is 2.28. The van der Waals surface area contributed by atoms with E-state index in [-0.39, 0.29) is 17.6 Å². The summed E-state index contributed by atoms with van der Waals surface area (Å²) in [5.74, 6) is 0.398.